The van der Waals surface area contributed by atoms with Crippen molar-refractivity contribution in [1.82, 2.24) is 5.32 Å². The molecular weight excluding hydrogens is 1040 g/mol. The van der Waals surface area contributed by atoms with Crippen molar-refractivity contribution in [3.05, 3.63) is 97.2 Å². The molecular formula is C72H125NO10. The van der Waals surface area contributed by atoms with Crippen LogP contribution in [-0.4, -0.2) is 99.6 Å². The van der Waals surface area contributed by atoms with E-state index in [1.807, 2.05) is 6.08 Å². The molecule has 1 rings (SSSR count). The van der Waals surface area contributed by atoms with E-state index in [4.69, 9.17) is 14.2 Å². The van der Waals surface area contributed by atoms with E-state index >= 15 is 0 Å². The smallest absolute Gasteiger partial charge is 0.306 e. The van der Waals surface area contributed by atoms with Gasteiger partial charge in [0.15, 0.2) is 12.4 Å². The highest BCUT2D eigenvalue weighted by atomic mass is 16.7. The van der Waals surface area contributed by atoms with Gasteiger partial charge in [0, 0.05) is 6.42 Å². The number of esters is 1. The molecule has 1 aliphatic rings. The second-order valence-electron chi connectivity index (χ2n) is 23.2. The lowest BCUT2D eigenvalue weighted by Crippen LogP contribution is -2.61. The maximum Gasteiger partial charge on any atom is 0.306 e. The van der Waals surface area contributed by atoms with Crippen molar-refractivity contribution in [1.29, 1.82) is 0 Å². The number of hydrogen-bond donors (Lipinski definition) is 6. The summed E-state index contributed by atoms with van der Waals surface area (Å²) in [5, 5.41) is 57.1. The molecule has 11 heteroatoms. The molecule has 1 aliphatic heterocycles. The van der Waals surface area contributed by atoms with E-state index in [9.17, 15) is 35.1 Å². The van der Waals surface area contributed by atoms with Crippen molar-refractivity contribution < 1.29 is 49.3 Å². The van der Waals surface area contributed by atoms with Crippen molar-refractivity contribution in [2.75, 3.05) is 13.2 Å². The molecule has 1 fully saturated rings. The van der Waals surface area contributed by atoms with Crippen LogP contribution in [0, 0.1) is 0 Å². The third kappa shape index (κ3) is 46.5. The molecule has 8 atom stereocenters. The molecule has 6 N–H and O–H groups in total. The zero-order valence-electron chi connectivity index (χ0n) is 53.0. The Morgan fingerprint density at radius 3 is 1.33 bits per heavy atom. The number of aliphatic hydroxyl groups is 5. The minimum Gasteiger partial charge on any atom is -0.454 e. The molecule has 1 heterocycles. The van der Waals surface area contributed by atoms with Crippen LogP contribution in [0.4, 0.5) is 0 Å². The van der Waals surface area contributed by atoms with E-state index in [2.05, 4.69) is 111 Å². The van der Waals surface area contributed by atoms with Gasteiger partial charge in [-0.05, 0) is 103 Å². The summed E-state index contributed by atoms with van der Waals surface area (Å²) in [6, 6.07) is -1.04. The van der Waals surface area contributed by atoms with Gasteiger partial charge in [-0.15, -0.1) is 0 Å². The summed E-state index contributed by atoms with van der Waals surface area (Å²) < 4.78 is 17.7. The molecule has 0 aliphatic carbocycles. The molecule has 1 amide bonds. The Hall–Kier alpha value is -3.42. The van der Waals surface area contributed by atoms with Gasteiger partial charge in [-0.2, -0.15) is 0 Å². The van der Waals surface area contributed by atoms with E-state index in [0.717, 1.165) is 116 Å². The first-order chi connectivity index (χ1) is 40.7. The van der Waals surface area contributed by atoms with E-state index in [1.165, 1.54) is 122 Å². The van der Waals surface area contributed by atoms with Crippen LogP contribution in [0.3, 0.4) is 0 Å². The zero-order chi connectivity index (χ0) is 60.3. The molecule has 11 nitrogen and oxygen atoms in total. The molecule has 0 radical (unpaired) electrons. The van der Waals surface area contributed by atoms with Gasteiger partial charge >= 0.3 is 5.97 Å². The summed E-state index contributed by atoms with van der Waals surface area (Å²) in [5.41, 5.74) is 0. The minimum atomic E-state index is -1.62. The van der Waals surface area contributed by atoms with Gasteiger partial charge in [0.2, 0.25) is 5.91 Å². The normalized spacial score (nSPS) is 19.2. The number of ether oxygens (including phenoxy) is 3. The van der Waals surface area contributed by atoms with Crippen LogP contribution in [0.15, 0.2) is 97.2 Å². The summed E-state index contributed by atoms with van der Waals surface area (Å²) >= 11 is 0. The van der Waals surface area contributed by atoms with Gasteiger partial charge in [0.25, 0.3) is 0 Å². The van der Waals surface area contributed by atoms with E-state index < -0.39 is 67.4 Å². The van der Waals surface area contributed by atoms with Gasteiger partial charge < -0.3 is 45.1 Å². The maximum absolute atomic E-state index is 13.5. The van der Waals surface area contributed by atoms with E-state index in [-0.39, 0.29) is 19.4 Å². The fraction of sp³-hybridized carbons (Fsp3) is 0.750. The lowest BCUT2D eigenvalue weighted by Gasteiger charge is -2.41. The predicted octanol–water partition coefficient (Wildman–Crippen LogP) is 17.1. The number of allylic oxidation sites excluding steroid dienone is 15. The fourth-order valence-electron chi connectivity index (χ4n) is 10.1. The topological polar surface area (TPSA) is 175 Å². The van der Waals surface area contributed by atoms with Crippen molar-refractivity contribution in [2.45, 2.75) is 333 Å². The number of amides is 1. The second-order valence-corrected chi connectivity index (χ2v) is 23.2. The van der Waals surface area contributed by atoms with E-state index in [1.54, 1.807) is 6.08 Å². The zero-order valence-corrected chi connectivity index (χ0v) is 53.0. The van der Waals surface area contributed by atoms with Gasteiger partial charge in [0.1, 0.15) is 24.4 Å². The summed E-state index contributed by atoms with van der Waals surface area (Å²) in [5.74, 6) is -1.21. The van der Waals surface area contributed by atoms with E-state index in [0.29, 0.717) is 12.8 Å². The largest absolute Gasteiger partial charge is 0.454 e. The number of rotatable bonds is 57. The monoisotopic (exact) mass is 1160 g/mol. The third-order valence-electron chi connectivity index (χ3n) is 15.5. The average Bonchev–Trinajstić information content (AvgIpc) is 3.52. The summed E-state index contributed by atoms with van der Waals surface area (Å²) in [4.78, 5) is 26.6. The molecule has 1 saturated heterocycles. The van der Waals surface area contributed by atoms with Gasteiger partial charge in [0.05, 0.1) is 25.4 Å². The summed E-state index contributed by atoms with van der Waals surface area (Å²) in [6.07, 6.45) is 68.7. The molecule has 0 aromatic rings. The standard InChI is InChI=1S/C72H125NO10/c1-4-7-10-13-16-19-22-24-26-28-30-32-34-35-37-39-41-44-47-50-53-56-59-65(76)71(80)73-63(64(75)58-55-52-49-46-43-21-18-15-12-9-6-3)62-81-72-70(69(79)68(78)66(61-74)82-72)83-67(77)60-57-54-51-48-45-42-40-38-36-33-31-29-27-25-23-20-17-14-11-8-5-2/h7,10,16-17,19-20,24-27,30,32,35,37,55,58,63-66,68-70,72,74-76,78-79H,4-6,8-9,11-15,18,21-23,28-29,31,33-34,36,38-54,56-57,59-62H2,1-3H3,(H,73,80)/b10-7-,19-16-,20-17-,26-24-,27-25-,32-30-,37-35-,58-55+. The van der Waals surface area contributed by atoms with Crippen LogP contribution in [0.1, 0.15) is 284 Å². The highest BCUT2D eigenvalue weighted by molar-refractivity contribution is 5.80. The highest BCUT2D eigenvalue weighted by Gasteiger charge is 2.47. The van der Waals surface area contributed by atoms with Gasteiger partial charge in [-0.3, -0.25) is 9.59 Å². The Morgan fingerprint density at radius 2 is 0.867 bits per heavy atom. The third-order valence-corrected chi connectivity index (χ3v) is 15.5. The average molecular weight is 1160 g/mol. The molecule has 0 saturated carbocycles. The van der Waals surface area contributed by atoms with Crippen LogP contribution < -0.4 is 5.32 Å². The molecule has 0 aromatic heterocycles. The Bertz CT molecular complexity index is 1720. The molecule has 0 spiro atoms. The molecule has 8 unspecified atom stereocenters. The van der Waals surface area contributed by atoms with Crippen molar-refractivity contribution in [2.24, 2.45) is 0 Å². The van der Waals surface area contributed by atoms with Crippen LogP contribution in [0.5, 0.6) is 0 Å². The number of aliphatic hydroxyl groups excluding tert-OH is 5. The maximum atomic E-state index is 13.5. The Kier molecular flexibility index (Phi) is 55.1. The minimum absolute atomic E-state index is 0.116. The predicted molar refractivity (Wildman–Crippen MR) is 347 cm³/mol. The molecule has 83 heavy (non-hydrogen) atoms. The highest BCUT2D eigenvalue weighted by Crippen LogP contribution is 2.26. The van der Waals surface area contributed by atoms with Crippen molar-refractivity contribution >= 4 is 11.9 Å². The number of unbranched alkanes of at least 4 members (excludes halogenated alkanes) is 29. The van der Waals surface area contributed by atoms with Crippen LogP contribution in [0.25, 0.3) is 0 Å². The van der Waals surface area contributed by atoms with Crippen LogP contribution in [0.2, 0.25) is 0 Å². The molecule has 478 valence electrons. The lowest BCUT2D eigenvalue weighted by molar-refractivity contribution is -0.305. The quantitative estimate of drug-likeness (QED) is 0.0195. The first-order valence-corrected chi connectivity index (χ1v) is 34.0. The number of carbonyl (C=O) groups excluding carboxylic acids is 2. The molecule has 0 aromatic carbocycles. The summed E-state index contributed by atoms with van der Waals surface area (Å²) in [7, 11) is 0. The second kappa shape index (κ2) is 58.9. The van der Waals surface area contributed by atoms with Gasteiger partial charge in [-0.1, -0.05) is 272 Å². The number of hydrogen-bond acceptors (Lipinski definition) is 10. The lowest BCUT2D eigenvalue weighted by atomic mass is 9.99. The Labute approximate surface area is 507 Å². The van der Waals surface area contributed by atoms with Gasteiger partial charge in [-0.25, -0.2) is 0 Å². The Balaban J connectivity index is 2.61. The van der Waals surface area contributed by atoms with Crippen molar-refractivity contribution in [3.63, 3.8) is 0 Å². The molecule has 0 bridgehead atoms. The van der Waals surface area contributed by atoms with Crippen LogP contribution >= 0.6 is 0 Å². The first kappa shape index (κ1) is 77.6. The fourth-order valence-corrected chi connectivity index (χ4v) is 10.1. The van der Waals surface area contributed by atoms with Crippen LogP contribution in [-0.2, 0) is 23.8 Å². The summed E-state index contributed by atoms with van der Waals surface area (Å²) in [6.45, 7) is 5.65. The number of nitrogens with one attached hydrogen (secondary N) is 1. The SMILES string of the molecule is CC/C=C\C/C=C\C/C=C\C/C=C\C/C=C\CCCCCCCCC(O)C(=O)NC(COC1OC(CO)C(O)C(O)C1OC(=O)CCCCCCCCCCCCC/C=C\C/C=C\CCCCC)C(O)/C=C/CCCCCCCCCCC. The number of carbonyl (C=O) groups is 2. The first-order valence-electron chi connectivity index (χ1n) is 34.0. The Morgan fingerprint density at radius 1 is 0.482 bits per heavy atom. The van der Waals surface area contributed by atoms with Crippen molar-refractivity contribution in [3.8, 4) is 0 Å².